The summed E-state index contributed by atoms with van der Waals surface area (Å²) in [5.74, 6) is 0.762. The van der Waals surface area contributed by atoms with Crippen molar-refractivity contribution in [2.45, 2.75) is 45.4 Å². The van der Waals surface area contributed by atoms with E-state index in [-0.39, 0.29) is 6.61 Å². The van der Waals surface area contributed by atoms with Gasteiger partial charge in [0.25, 0.3) is 0 Å². The van der Waals surface area contributed by atoms with E-state index in [9.17, 15) is 9.90 Å². The number of aliphatic hydroxyl groups excluding tert-OH is 1. The summed E-state index contributed by atoms with van der Waals surface area (Å²) in [4.78, 5) is 15.3. The van der Waals surface area contributed by atoms with Crippen LogP contribution in [-0.4, -0.2) is 34.4 Å². The number of fused-ring (bicyclic) bond motifs is 1. The lowest BCUT2D eigenvalue weighted by Crippen LogP contribution is -2.42. The average molecular weight is 396 g/mol. The smallest absolute Gasteiger partial charge is 0.407 e. The Morgan fingerprint density at radius 1 is 1.14 bits per heavy atom. The number of carbonyl (C=O) groups is 1. The number of nitrogens with one attached hydrogen (secondary N) is 2. The van der Waals surface area contributed by atoms with Gasteiger partial charge in [0.15, 0.2) is 0 Å². The minimum Gasteiger partial charge on any atom is -0.487 e. The molecule has 0 radical (unpaired) electrons. The van der Waals surface area contributed by atoms with E-state index in [0.717, 1.165) is 27.8 Å². The lowest BCUT2D eigenvalue weighted by atomic mass is 10.1. The summed E-state index contributed by atoms with van der Waals surface area (Å²) in [5, 5.41) is 13.4. The third kappa shape index (κ3) is 5.74. The van der Waals surface area contributed by atoms with Crippen LogP contribution in [0.15, 0.2) is 54.7 Å². The van der Waals surface area contributed by atoms with E-state index >= 15 is 0 Å². The lowest BCUT2D eigenvalue weighted by Gasteiger charge is -2.22. The normalized spacial score (nSPS) is 12.6. The summed E-state index contributed by atoms with van der Waals surface area (Å²) in [5.41, 5.74) is 2.39. The summed E-state index contributed by atoms with van der Waals surface area (Å²) in [6.07, 6.45) is 1.82. The first-order chi connectivity index (χ1) is 13.9. The zero-order valence-electron chi connectivity index (χ0n) is 17.1. The molecule has 0 bridgehead atoms. The van der Waals surface area contributed by atoms with Crippen LogP contribution in [-0.2, 0) is 17.8 Å². The van der Waals surface area contributed by atoms with E-state index in [1.165, 1.54) is 0 Å². The van der Waals surface area contributed by atoms with Crippen LogP contribution in [0.1, 0.15) is 31.9 Å². The first-order valence-corrected chi connectivity index (χ1v) is 9.72. The molecule has 3 rings (SSSR count). The molecule has 0 aliphatic rings. The molecule has 6 heteroatoms. The number of aromatic nitrogens is 1. The second-order valence-corrected chi connectivity index (χ2v) is 8.00. The molecule has 3 aromatic rings. The molecule has 6 nitrogen and oxygen atoms in total. The minimum atomic E-state index is -0.587. The summed E-state index contributed by atoms with van der Waals surface area (Å²) in [7, 11) is 0. The van der Waals surface area contributed by atoms with Crippen molar-refractivity contribution in [1.29, 1.82) is 0 Å². The Labute approximate surface area is 170 Å². The van der Waals surface area contributed by atoms with Gasteiger partial charge in [-0.1, -0.05) is 42.5 Å². The fraction of sp³-hybridized carbons (Fsp3) is 0.348. The van der Waals surface area contributed by atoms with E-state index in [4.69, 9.17) is 9.47 Å². The molecular formula is C23H28N2O4. The molecule has 154 valence electrons. The summed E-state index contributed by atoms with van der Waals surface area (Å²) in [6.45, 7) is 5.70. The fourth-order valence-electron chi connectivity index (χ4n) is 3.11. The van der Waals surface area contributed by atoms with E-state index in [1.807, 2.05) is 54.7 Å². The maximum Gasteiger partial charge on any atom is 0.407 e. The van der Waals surface area contributed by atoms with Crippen molar-refractivity contribution in [3.63, 3.8) is 0 Å². The van der Waals surface area contributed by atoms with E-state index < -0.39 is 17.7 Å². The van der Waals surface area contributed by atoms with Crippen molar-refractivity contribution in [1.82, 2.24) is 10.3 Å². The number of amides is 1. The van der Waals surface area contributed by atoms with Crippen molar-refractivity contribution in [2.75, 3.05) is 6.61 Å². The molecule has 0 fully saturated rings. The van der Waals surface area contributed by atoms with Gasteiger partial charge in [-0.15, -0.1) is 0 Å². The van der Waals surface area contributed by atoms with Crippen molar-refractivity contribution in [2.24, 2.45) is 0 Å². The van der Waals surface area contributed by atoms with Gasteiger partial charge in [-0.2, -0.15) is 0 Å². The molecule has 2 aromatic carbocycles. The Hall–Kier alpha value is -2.99. The maximum absolute atomic E-state index is 12.0. The van der Waals surface area contributed by atoms with Gasteiger partial charge in [0.1, 0.15) is 18.0 Å². The third-order valence-electron chi connectivity index (χ3n) is 4.41. The minimum absolute atomic E-state index is 0.184. The fourth-order valence-corrected chi connectivity index (χ4v) is 3.11. The van der Waals surface area contributed by atoms with Gasteiger partial charge in [0.05, 0.1) is 18.2 Å². The number of aromatic amines is 1. The Morgan fingerprint density at radius 3 is 2.59 bits per heavy atom. The maximum atomic E-state index is 12.0. The van der Waals surface area contributed by atoms with Crippen LogP contribution in [0.2, 0.25) is 0 Å². The molecule has 1 aromatic heterocycles. The third-order valence-corrected chi connectivity index (χ3v) is 4.41. The van der Waals surface area contributed by atoms with E-state index in [2.05, 4.69) is 10.3 Å². The standard InChI is InChI=1S/C23H28N2O4/c1-23(2,3)29-22(27)25-18(14-26)12-17-13-24-21-19(17)10-7-11-20(21)28-15-16-8-5-4-6-9-16/h4-11,13,18,24,26H,12,14-15H2,1-3H3,(H,25,27). The summed E-state index contributed by atoms with van der Waals surface area (Å²) < 4.78 is 11.3. The number of benzene rings is 2. The molecular weight excluding hydrogens is 368 g/mol. The van der Waals surface area contributed by atoms with Crippen molar-refractivity contribution in [3.05, 3.63) is 65.9 Å². The Kier molecular flexibility index (Phi) is 6.44. The highest BCUT2D eigenvalue weighted by Crippen LogP contribution is 2.28. The predicted molar refractivity (Wildman–Crippen MR) is 113 cm³/mol. The lowest BCUT2D eigenvalue weighted by molar-refractivity contribution is 0.0483. The highest BCUT2D eigenvalue weighted by atomic mass is 16.6. The summed E-state index contributed by atoms with van der Waals surface area (Å²) >= 11 is 0. The molecule has 3 N–H and O–H groups in total. The number of aliphatic hydroxyl groups is 1. The number of para-hydroxylation sites is 1. The van der Waals surface area contributed by atoms with Crippen LogP contribution in [0.25, 0.3) is 10.9 Å². The quantitative estimate of drug-likeness (QED) is 0.560. The van der Waals surface area contributed by atoms with Gasteiger partial charge in [-0.3, -0.25) is 0 Å². The molecule has 1 heterocycles. The molecule has 0 aliphatic carbocycles. The number of hydrogen-bond acceptors (Lipinski definition) is 4. The van der Waals surface area contributed by atoms with Crippen LogP contribution >= 0.6 is 0 Å². The Morgan fingerprint density at radius 2 is 1.90 bits per heavy atom. The number of rotatable bonds is 7. The SMILES string of the molecule is CC(C)(C)OC(=O)NC(CO)Cc1c[nH]c2c(OCc3ccccc3)cccc12. The predicted octanol–water partition coefficient (Wildman–Crippen LogP) is 4.18. The van der Waals surface area contributed by atoms with Crippen LogP contribution < -0.4 is 10.1 Å². The van der Waals surface area contributed by atoms with Crippen molar-refractivity contribution < 1.29 is 19.4 Å². The number of alkyl carbamates (subject to hydrolysis) is 1. The highest BCUT2D eigenvalue weighted by molar-refractivity contribution is 5.88. The average Bonchev–Trinajstić information content (AvgIpc) is 3.08. The van der Waals surface area contributed by atoms with Gasteiger partial charge >= 0.3 is 6.09 Å². The van der Waals surface area contributed by atoms with E-state index in [0.29, 0.717) is 13.0 Å². The molecule has 0 aliphatic heterocycles. The van der Waals surface area contributed by atoms with Gasteiger partial charge in [-0.25, -0.2) is 4.79 Å². The van der Waals surface area contributed by atoms with Gasteiger partial charge < -0.3 is 24.9 Å². The molecule has 0 saturated carbocycles. The van der Waals surface area contributed by atoms with Gasteiger partial charge in [0, 0.05) is 11.6 Å². The number of hydrogen-bond donors (Lipinski definition) is 3. The largest absolute Gasteiger partial charge is 0.487 e. The zero-order chi connectivity index (χ0) is 20.9. The molecule has 1 unspecified atom stereocenters. The number of carbonyl (C=O) groups excluding carboxylic acids is 1. The first-order valence-electron chi connectivity index (χ1n) is 9.72. The van der Waals surface area contributed by atoms with Crippen molar-refractivity contribution in [3.8, 4) is 5.75 Å². The second-order valence-electron chi connectivity index (χ2n) is 8.00. The van der Waals surface area contributed by atoms with Crippen LogP contribution in [0.3, 0.4) is 0 Å². The van der Waals surface area contributed by atoms with Gasteiger partial charge in [-0.05, 0) is 44.4 Å². The number of ether oxygens (including phenoxy) is 2. The van der Waals surface area contributed by atoms with Crippen LogP contribution in [0, 0.1) is 0 Å². The molecule has 0 saturated heterocycles. The highest BCUT2D eigenvalue weighted by Gasteiger charge is 2.20. The molecule has 29 heavy (non-hydrogen) atoms. The first kappa shape index (κ1) is 20.7. The van der Waals surface area contributed by atoms with Crippen LogP contribution in [0.5, 0.6) is 5.75 Å². The Balaban J connectivity index is 1.71. The summed E-state index contributed by atoms with van der Waals surface area (Å²) in [6, 6.07) is 15.4. The monoisotopic (exact) mass is 396 g/mol. The van der Waals surface area contributed by atoms with E-state index in [1.54, 1.807) is 20.8 Å². The topological polar surface area (TPSA) is 83.6 Å². The molecule has 0 spiro atoms. The van der Waals surface area contributed by atoms with Gasteiger partial charge in [0.2, 0.25) is 0 Å². The van der Waals surface area contributed by atoms with Crippen LogP contribution in [0.4, 0.5) is 4.79 Å². The molecule has 1 amide bonds. The molecule has 1 atom stereocenters. The number of H-pyrrole nitrogens is 1. The Bertz CT molecular complexity index is 944. The second kappa shape index (κ2) is 9.01. The zero-order valence-corrected chi connectivity index (χ0v) is 17.1. The van der Waals surface area contributed by atoms with Crippen molar-refractivity contribution >= 4 is 17.0 Å².